The molecule has 0 aromatic heterocycles. The van der Waals surface area contributed by atoms with Crippen LogP contribution in [0.1, 0.15) is 23.2 Å². The minimum absolute atomic E-state index is 0.00654. The van der Waals surface area contributed by atoms with Gasteiger partial charge in [-0.25, -0.2) is 0 Å². The fraction of sp³-hybridized carbons (Fsp3) is 0.533. The van der Waals surface area contributed by atoms with Crippen molar-refractivity contribution in [1.29, 1.82) is 0 Å². The smallest absolute Gasteiger partial charge is 0.178 e. The molecule has 0 N–H and O–H groups in total. The zero-order chi connectivity index (χ0) is 14.5. The Balaban J connectivity index is 1.91. The zero-order valence-corrected chi connectivity index (χ0v) is 13.1. The lowest BCUT2D eigenvalue weighted by Gasteiger charge is -2.26. The van der Waals surface area contributed by atoms with E-state index in [-0.39, 0.29) is 5.78 Å². The lowest BCUT2D eigenvalue weighted by molar-refractivity contribution is 0.0549. The van der Waals surface area contributed by atoms with Crippen molar-refractivity contribution in [3.8, 4) is 0 Å². The number of nitrogens with zero attached hydrogens (tertiary/aromatic N) is 1. The van der Waals surface area contributed by atoms with Crippen LogP contribution in [0, 0.1) is 5.92 Å². The van der Waals surface area contributed by atoms with Gasteiger partial charge < -0.3 is 4.74 Å². The zero-order valence-electron chi connectivity index (χ0n) is 11.6. The van der Waals surface area contributed by atoms with Gasteiger partial charge in [0.2, 0.25) is 0 Å². The Bertz CT molecular complexity index is 473. The van der Waals surface area contributed by atoms with Gasteiger partial charge >= 0.3 is 0 Å². The highest BCUT2D eigenvalue weighted by atomic mass is 35.5. The molecule has 1 aliphatic rings. The number of ketones is 1. The fourth-order valence-electron chi connectivity index (χ4n) is 2.48. The summed E-state index contributed by atoms with van der Waals surface area (Å²) in [6.07, 6.45) is 2.13. The maximum Gasteiger partial charge on any atom is 0.178 e. The van der Waals surface area contributed by atoms with Crippen LogP contribution in [0.4, 0.5) is 0 Å². The number of hydrogen-bond donors (Lipinski definition) is 0. The number of halogens is 2. The first-order valence-corrected chi connectivity index (χ1v) is 7.56. The van der Waals surface area contributed by atoms with Crippen LogP contribution in [0.25, 0.3) is 0 Å². The molecule has 1 saturated heterocycles. The predicted molar refractivity (Wildman–Crippen MR) is 81.8 cm³/mol. The van der Waals surface area contributed by atoms with Gasteiger partial charge in [0, 0.05) is 30.3 Å². The quantitative estimate of drug-likeness (QED) is 0.778. The summed E-state index contributed by atoms with van der Waals surface area (Å²) in [5.74, 6) is 0.614. The molecule has 0 unspecified atom stereocenters. The second-order valence-corrected chi connectivity index (χ2v) is 6.14. The van der Waals surface area contributed by atoms with Crippen molar-refractivity contribution >= 4 is 29.0 Å². The molecule has 1 aliphatic heterocycles. The highest BCUT2D eigenvalue weighted by Gasteiger charge is 2.18. The van der Waals surface area contributed by atoms with Gasteiger partial charge in [0.1, 0.15) is 0 Å². The Hall–Kier alpha value is -0.610. The third kappa shape index (κ3) is 4.45. The van der Waals surface area contributed by atoms with Gasteiger partial charge in [0.15, 0.2) is 5.78 Å². The molecule has 5 heteroatoms. The van der Waals surface area contributed by atoms with E-state index in [2.05, 4.69) is 4.90 Å². The van der Waals surface area contributed by atoms with Gasteiger partial charge in [-0.05, 0) is 44.0 Å². The number of carbonyl (C=O) groups excluding carboxylic acids is 1. The van der Waals surface area contributed by atoms with Gasteiger partial charge in [0.25, 0.3) is 0 Å². The van der Waals surface area contributed by atoms with E-state index in [0.29, 0.717) is 28.1 Å². The van der Waals surface area contributed by atoms with Crippen LogP contribution in [-0.4, -0.2) is 44.0 Å². The number of rotatable bonds is 5. The number of ether oxygens (including phenoxy) is 1. The summed E-state index contributed by atoms with van der Waals surface area (Å²) in [5.41, 5.74) is 0.498. The molecule has 2 rings (SSSR count). The van der Waals surface area contributed by atoms with Crippen LogP contribution in [0.15, 0.2) is 18.2 Å². The fourth-order valence-corrected chi connectivity index (χ4v) is 2.87. The maximum absolute atomic E-state index is 12.3. The molecular formula is C15H19Cl2NO2. The second-order valence-electron chi connectivity index (χ2n) is 5.30. The highest BCUT2D eigenvalue weighted by Crippen LogP contribution is 2.22. The second kappa shape index (κ2) is 7.41. The van der Waals surface area contributed by atoms with Crippen LogP contribution in [-0.2, 0) is 4.74 Å². The van der Waals surface area contributed by atoms with E-state index in [1.807, 2.05) is 7.05 Å². The van der Waals surface area contributed by atoms with Gasteiger partial charge in [-0.1, -0.05) is 23.2 Å². The first kappa shape index (κ1) is 15.8. The molecule has 1 heterocycles. The van der Waals surface area contributed by atoms with Gasteiger partial charge in [-0.15, -0.1) is 0 Å². The van der Waals surface area contributed by atoms with E-state index in [1.165, 1.54) is 0 Å². The average molecular weight is 316 g/mol. The summed E-state index contributed by atoms with van der Waals surface area (Å²) in [5, 5.41) is 0.990. The third-order valence-corrected chi connectivity index (χ3v) is 4.12. The Kier molecular flexibility index (Phi) is 5.85. The Labute approximate surface area is 129 Å². The van der Waals surface area contributed by atoms with Crippen molar-refractivity contribution in [3.63, 3.8) is 0 Å². The SMILES string of the molecule is CN(CC(=O)c1cc(Cl)ccc1Cl)CC1CCOCC1. The molecule has 1 fully saturated rings. The van der Waals surface area contributed by atoms with Crippen molar-refractivity contribution in [2.45, 2.75) is 12.8 Å². The van der Waals surface area contributed by atoms with Crippen molar-refractivity contribution in [2.75, 3.05) is 33.4 Å². The predicted octanol–water partition coefficient (Wildman–Crippen LogP) is 3.53. The minimum atomic E-state index is 0.00654. The van der Waals surface area contributed by atoms with E-state index in [0.717, 1.165) is 32.6 Å². The highest BCUT2D eigenvalue weighted by molar-refractivity contribution is 6.36. The topological polar surface area (TPSA) is 29.5 Å². The maximum atomic E-state index is 12.3. The summed E-state index contributed by atoms with van der Waals surface area (Å²) < 4.78 is 5.34. The average Bonchev–Trinajstić information content (AvgIpc) is 2.42. The summed E-state index contributed by atoms with van der Waals surface area (Å²) in [6, 6.07) is 4.98. The van der Waals surface area contributed by atoms with Gasteiger partial charge in [0.05, 0.1) is 11.6 Å². The van der Waals surface area contributed by atoms with Crippen LogP contribution in [0.2, 0.25) is 10.0 Å². The molecule has 0 atom stereocenters. The third-order valence-electron chi connectivity index (χ3n) is 3.55. The van der Waals surface area contributed by atoms with E-state index < -0.39 is 0 Å². The molecule has 1 aromatic carbocycles. The number of benzene rings is 1. The number of Topliss-reactive ketones (excluding diaryl/α,β-unsaturated/α-hetero) is 1. The van der Waals surface area contributed by atoms with E-state index in [4.69, 9.17) is 27.9 Å². The Morgan fingerprint density at radius 3 is 2.75 bits per heavy atom. The Morgan fingerprint density at radius 2 is 2.05 bits per heavy atom. The van der Waals surface area contributed by atoms with Crippen molar-refractivity contribution in [1.82, 2.24) is 4.90 Å². The first-order chi connectivity index (χ1) is 9.56. The molecule has 20 heavy (non-hydrogen) atoms. The number of hydrogen-bond acceptors (Lipinski definition) is 3. The van der Waals surface area contributed by atoms with Gasteiger partial charge in [-0.2, -0.15) is 0 Å². The number of likely N-dealkylation sites (N-methyl/N-ethyl adjacent to an activating group) is 1. The van der Waals surface area contributed by atoms with Gasteiger partial charge in [-0.3, -0.25) is 9.69 Å². The van der Waals surface area contributed by atoms with Crippen LogP contribution in [0.5, 0.6) is 0 Å². The van der Waals surface area contributed by atoms with Crippen LogP contribution < -0.4 is 0 Å². The van der Waals surface area contributed by atoms with Crippen molar-refractivity contribution < 1.29 is 9.53 Å². The van der Waals surface area contributed by atoms with E-state index in [9.17, 15) is 4.79 Å². The van der Waals surface area contributed by atoms with Crippen molar-refractivity contribution in [3.05, 3.63) is 33.8 Å². The minimum Gasteiger partial charge on any atom is -0.381 e. The summed E-state index contributed by atoms with van der Waals surface area (Å²) in [7, 11) is 1.96. The standard InChI is InChI=1S/C15H19Cl2NO2/c1-18(9-11-4-6-20-7-5-11)10-15(19)13-8-12(16)2-3-14(13)17/h2-3,8,11H,4-7,9-10H2,1H3. The largest absolute Gasteiger partial charge is 0.381 e. The van der Waals surface area contributed by atoms with Crippen molar-refractivity contribution in [2.24, 2.45) is 5.92 Å². The van der Waals surface area contributed by atoms with Crippen LogP contribution in [0.3, 0.4) is 0 Å². The molecule has 1 aromatic rings. The molecule has 0 spiro atoms. The normalized spacial score (nSPS) is 16.6. The Morgan fingerprint density at radius 1 is 1.35 bits per heavy atom. The van der Waals surface area contributed by atoms with E-state index >= 15 is 0 Å². The summed E-state index contributed by atoms with van der Waals surface area (Å²) in [4.78, 5) is 14.3. The molecule has 0 saturated carbocycles. The number of carbonyl (C=O) groups is 1. The molecular weight excluding hydrogens is 297 g/mol. The molecule has 0 aliphatic carbocycles. The first-order valence-electron chi connectivity index (χ1n) is 6.81. The molecule has 0 radical (unpaired) electrons. The monoisotopic (exact) mass is 315 g/mol. The molecule has 0 bridgehead atoms. The molecule has 110 valence electrons. The summed E-state index contributed by atoms with van der Waals surface area (Å²) in [6.45, 7) is 2.92. The van der Waals surface area contributed by atoms with E-state index in [1.54, 1.807) is 18.2 Å². The molecule has 0 amide bonds. The van der Waals surface area contributed by atoms with Crippen LogP contribution >= 0.6 is 23.2 Å². The lowest BCUT2D eigenvalue weighted by atomic mass is 9.99. The summed E-state index contributed by atoms with van der Waals surface area (Å²) >= 11 is 12.0. The molecule has 3 nitrogen and oxygen atoms in total. The lowest BCUT2D eigenvalue weighted by Crippen LogP contribution is -2.33.